The second kappa shape index (κ2) is 6.08. The molecule has 0 fully saturated rings. The summed E-state index contributed by atoms with van der Waals surface area (Å²) < 4.78 is 11.1. The number of benzene rings is 1. The molecule has 1 heterocycles. The summed E-state index contributed by atoms with van der Waals surface area (Å²) in [6.07, 6.45) is -0.648. The summed E-state index contributed by atoms with van der Waals surface area (Å²) in [5.41, 5.74) is 0. The zero-order valence-corrected chi connectivity index (χ0v) is 10.3. The first kappa shape index (κ1) is 13.2. The molecule has 0 aliphatic carbocycles. The molecule has 1 amide bonds. The minimum absolute atomic E-state index is 0.0908. The quantitative estimate of drug-likeness (QED) is 0.772. The molecule has 0 radical (unpaired) electrons. The second-order valence-corrected chi connectivity index (χ2v) is 4.17. The van der Waals surface area contributed by atoms with Crippen molar-refractivity contribution >= 4 is 11.9 Å². The number of amides is 1. The summed E-state index contributed by atoms with van der Waals surface area (Å²) in [6, 6.07) is 7.29. The monoisotopic (exact) mass is 264 g/mol. The average molecular weight is 264 g/mol. The Bertz CT molecular complexity index is 474. The Kier molecular flexibility index (Phi) is 4.22. The van der Waals surface area contributed by atoms with Gasteiger partial charge in [0.05, 0.1) is 6.54 Å². The zero-order valence-electron chi connectivity index (χ0n) is 10.3. The lowest BCUT2D eigenvalue weighted by Gasteiger charge is -2.26. The molecule has 1 aromatic rings. The normalized spacial score (nSPS) is 16.7. The molecule has 0 spiro atoms. The highest BCUT2D eigenvalue weighted by Gasteiger charge is 2.20. The molecule has 0 unspecified atom stereocenters. The summed E-state index contributed by atoms with van der Waals surface area (Å²) in [6.45, 7) is 0.623. The molecule has 1 aromatic carbocycles. The van der Waals surface area contributed by atoms with Gasteiger partial charge in [0.25, 0.3) is 0 Å². The van der Waals surface area contributed by atoms with Crippen molar-refractivity contribution in [3.63, 3.8) is 0 Å². The minimum atomic E-state index is -1.23. The van der Waals surface area contributed by atoms with Crippen LogP contribution < -0.4 is 19.9 Å². The first-order valence-corrected chi connectivity index (χ1v) is 6.00. The molecular weight excluding hydrogens is 250 g/mol. The molecule has 19 heavy (non-hydrogen) atoms. The fourth-order valence-electron chi connectivity index (χ4n) is 1.70. The summed E-state index contributed by atoms with van der Waals surface area (Å²) in [4.78, 5) is 21.5. The molecule has 2 rings (SSSR count). The van der Waals surface area contributed by atoms with E-state index in [1.54, 1.807) is 6.07 Å². The lowest BCUT2D eigenvalue weighted by molar-refractivity contribution is -0.305. The fraction of sp³-hybridized carbons (Fsp3) is 0.385. The van der Waals surface area contributed by atoms with E-state index in [9.17, 15) is 14.7 Å². The van der Waals surface area contributed by atoms with Crippen molar-refractivity contribution < 1.29 is 24.2 Å². The van der Waals surface area contributed by atoms with E-state index in [4.69, 9.17) is 9.47 Å². The number of fused-ring (bicyclic) bond motifs is 1. The Hall–Kier alpha value is -2.24. The number of para-hydroxylation sites is 2. The maximum atomic E-state index is 11.3. The number of hydrogen-bond acceptors (Lipinski definition) is 5. The van der Waals surface area contributed by atoms with Crippen molar-refractivity contribution in [1.29, 1.82) is 0 Å². The molecule has 6 heteroatoms. The second-order valence-electron chi connectivity index (χ2n) is 4.17. The molecule has 0 saturated heterocycles. The fourth-order valence-corrected chi connectivity index (χ4v) is 1.70. The van der Waals surface area contributed by atoms with Gasteiger partial charge in [-0.2, -0.15) is 0 Å². The van der Waals surface area contributed by atoms with Crippen molar-refractivity contribution in [2.45, 2.75) is 18.9 Å². The highest BCUT2D eigenvalue weighted by molar-refractivity contribution is 5.79. The number of nitrogens with one attached hydrogen (secondary N) is 1. The Morgan fingerprint density at radius 2 is 2.00 bits per heavy atom. The van der Waals surface area contributed by atoms with Gasteiger partial charge in [-0.05, 0) is 18.6 Å². The van der Waals surface area contributed by atoms with Crippen molar-refractivity contribution in [3.8, 4) is 11.5 Å². The van der Waals surface area contributed by atoms with Crippen LogP contribution in [0.4, 0.5) is 0 Å². The van der Waals surface area contributed by atoms with Crippen LogP contribution in [0.3, 0.4) is 0 Å². The minimum Gasteiger partial charge on any atom is -0.550 e. The predicted molar refractivity (Wildman–Crippen MR) is 63.6 cm³/mol. The topological polar surface area (TPSA) is 87.7 Å². The van der Waals surface area contributed by atoms with E-state index < -0.39 is 5.97 Å². The number of carbonyl (C=O) groups excluding carboxylic acids is 2. The Morgan fingerprint density at radius 1 is 1.26 bits per heavy atom. The first-order valence-electron chi connectivity index (χ1n) is 6.00. The van der Waals surface area contributed by atoms with Crippen molar-refractivity contribution in [1.82, 2.24) is 5.32 Å². The number of rotatable bonds is 5. The third kappa shape index (κ3) is 3.87. The molecule has 1 atom stereocenters. The van der Waals surface area contributed by atoms with Crippen LogP contribution in [0, 0.1) is 0 Å². The van der Waals surface area contributed by atoms with Gasteiger partial charge in [-0.1, -0.05) is 12.1 Å². The van der Waals surface area contributed by atoms with E-state index in [-0.39, 0.29) is 31.4 Å². The number of carbonyl (C=O) groups is 2. The van der Waals surface area contributed by atoms with Gasteiger partial charge in [0.1, 0.15) is 12.7 Å². The molecular formula is C13H14NO5-. The van der Waals surface area contributed by atoms with Gasteiger partial charge in [-0.3, -0.25) is 4.79 Å². The largest absolute Gasteiger partial charge is 0.550 e. The SMILES string of the molecule is O=C([O-])CCC(=O)NC[C@H]1COc2ccccc2O1. The summed E-state index contributed by atoms with van der Waals surface area (Å²) in [5, 5.41) is 12.8. The summed E-state index contributed by atoms with van der Waals surface area (Å²) in [5.74, 6) is -0.252. The van der Waals surface area contributed by atoms with Crippen LogP contribution >= 0.6 is 0 Å². The molecule has 102 valence electrons. The standard InChI is InChI=1S/C13H15NO5/c15-12(5-6-13(16)17)14-7-9-8-18-10-3-1-2-4-11(10)19-9/h1-4,9H,5-8H2,(H,14,15)(H,16,17)/p-1/t9-/m0/s1. The van der Waals surface area contributed by atoms with Gasteiger partial charge < -0.3 is 24.7 Å². The van der Waals surface area contributed by atoms with Crippen LogP contribution in [0.5, 0.6) is 11.5 Å². The van der Waals surface area contributed by atoms with Crippen molar-refractivity contribution in [3.05, 3.63) is 24.3 Å². The number of carboxylic acid groups (broad SMARTS) is 1. The van der Waals surface area contributed by atoms with E-state index in [2.05, 4.69) is 5.32 Å². The molecule has 0 aromatic heterocycles. The number of hydrogen-bond donors (Lipinski definition) is 1. The van der Waals surface area contributed by atoms with Crippen LogP contribution in [-0.2, 0) is 9.59 Å². The van der Waals surface area contributed by atoms with Crippen molar-refractivity contribution in [2.24, 2.45) is 0 Å². The highest BCUT2D eigenvalue weighted by Crippen LogP contribution is 2.30. The zero-order chi connectivity index (χ0) is 13.7. The third-order valence-corrected chi connectivity index (χ3v) is 2.65. The van der Waals surface area contributed by atoms with Gasteiger partial charge in [-0.25, -0.2) is 0 Å². The van der Waals surface area contributed by atoms with E-state index in [1.807, 2.05) is 18.2 Å². The number of carboxylic acids is 1. The smallest absolute Gasteiger partial charge is 0.220 e. The van der Waals surface area contributed by atoms with Crippen LogP contribution in [-0.4, -0.2) is 31.1 Å². The molecule has 0 saturated carbocycles. The lowest BCUT2D eigenvalue weighted by Crippen LogP contribution is -2.41. The van der Waals surface area contributed by atoms with Gasteiger partial charge in [0.2, 0.25) is 5.91 Å². The van der Waals surface area contributed by atoms with E-state index in [0.29, 0.717) is 18.1 Å². The third-order valence-electron chi connectivity index (χ3n) is 2.65. The average Bonchev–Trinajstić information content (AvgIpc) is 2.42. The molecule has 1 aliphatic rings. The molecule has 1 aliphatic heterocycles. The Morgan fingerprint density at radius 3 is 2.74 bits per heavy atom. The van der Waals surface area contributed by atoms with E-state index in [0.717, 1.165) is 0 Å². The number of ether oxygens (including phenoxy) is 2. The van der Waals surface area contributed by atoms with Gasteiger partial charge in [0.15, 0.2) is 11.5 Å². The predicted octanol–water partition coefficient (Wildman–Crippen LogP) is -0.527. The van der Waals surface area contributed by atoms with Gasteiger partial charge in [0, 0.05) is 12.4 Å². The lowest BCUT2D eigenvalue weighted by atomic mass is 10.2. The van der Waals surface area contributed by atoms with Crippen LogP contribution in [0.15, 0.2) is 24.3 Å². The Balaban J connectivity index is 1.76. The van der Waals surface area contributed by atoms with Crippen LogP contribution in [0.1, 0.15) is 12.8 Å². The maximum absolute atomic E-state index is 11.3. The molecule has 0 bridgehead atoms. The van der Waals surface area contributed by atoms with Crippen LogP contribution in [0.2, 0.25) is 0 Å². The van der Waals surface area contributed by atoms with Gasteiger partial charge >= 0.3 is 0 Å². The molecule has 6 nitrogen and oxygen atoms in total. The van der Waals surface area contributed by atoms with Gasteiger partial charge in [-0.15, -0.1) is 0 Å². The van der Waals surface area contributed by atoms with E-state index in [1.165, 1.54) is 0 Å². The van der Waals surface area contributed by atoms with Crippen LogP contribution in [0.25, 0.3) is 0 Å². The molecule has 1 N–H and O–H groups in total. The van der Waals surface area contributed by atoms with E-state index >= 15 is 0 Å². The first-order chi connectivity index (χ1) is 9.15. The summed E-state index contributed by atoms with van der Waals surface area (Å²) >= 11 is 0. The highest BCUT2D eigenvalue weighted by atomic mass is 16.6. The summed E-state index contributed by atoms with van der Waals surface area (Å²) in [7, 11) is 0. The maximum Gasteiger partial charge on any atom is 0.220 e. The Labute approximate surface area is 110 Å². The number of aliphatic carboxylic acids is 1. The van der Waals surface area contributed by atoms with Crippen molar-refractivity contribution in [2.75, 3.05) is 13.2 Å².